The molecule has 0 unspecified atom stereocenters. The molecule has 0 radical (unpaired) electrons. The summed E-state index contributed by atoms with van der Waals surface area (Å²) in [6.45, 7) is 5.91. The van der Waals surface area contributed by atoms with Crippen molar-refractivity contribution in [2.75, 3.05) is 5.73 Å². The van der Waals surface area contributed by atoms with Crippen molar-refractivity contribution < 1.29 is 4.74 Å². The zero-order valence-electron chi connectivity index (χ0n) is 11.0. The molecule has 0 atom stereocenters. The predicted molar refractivity (Wildman–Crippen MR) is 71.2 cm³/mol. The molecule has 0 aliphatic carbocycles. The minimum atomic E-state index is -0.324. The van der Waals surface area contributed by atoms with Gasteiger partial charge in [-0.25, -0.2) is 9.97 Å². The second kappa shape index (κ2) is 3.91. The first-order valence-electron chi connectivity index (χ1n) is 5.60. The highest BCUT2D eigenvalue weighted by molar-refractivity contribution is 5.92. The molecule has 0 saturated carbocycles. The molecule has 5 heteroatoms. The van der Waals surface area contributed by atoms with Crippen molar-refractivity contribution in [3.63, 3.8) is 0 Å². The minimum absolute atomic E-state index is 0.268. The zero-order valence-corrected chi connectivity index (χ0v) is 11.0. The van der Waals surface area contributed by atoms with Gasteiger partial charge in [0, 0.05) is 13.2 Å². The summed E-state index contributed by atoms with van der Waals surface area (Å²) in [4.78, 5) is 8.32. The van der Waals surface area contributed by atoms with Crippen molar-refractivity contribution >= 4 is 16.7 Å². The SMILES string of the molecule is C#Cc1nc(N)c2cn(C)c(OC(C)(C)C)c2n1. The Kier molecular flexibility index (Phi) is 2.66. The minimum Gasteiger partial charge on any atom is -0.472 e. The molecule has 2 heterocycles. The van der Waals surface area contributed by atoms with Gasteiger partial charge in [-0.1, -0.05) is 0 Å². The number of aryl methyl sites for hydroxylation is 1. The van der Waals surface area contributed by atoms with Crippen LogP contribution in [0.4, 0.5) is 5.82 Å². The van der Waals surface area contributed by atoms with Crippen molar-refractivity contribution in [1.29, 1.82) is 0 Å². The van der Waals surface area contributed by atoms with Crippen LogP contribution in [0.1, 0.15) is 26.6 Å². The van der Waals surface area contributed by atoms with Crippen LogP contribution in [0.3, 0.4) is 0 Å². The Hall–Kier alpha value is -2.22. The molecule has 0 aliphatic heterocycles. The molecule has 2 aromatic heterocycles. The lowest BCUT2D eigenvalue weighted by atomic mass is 10.2. The number of nitrogen functional groups attached to an aromatic ring is 1. The van der Waals surface area contributed by atoms with Gasteiger partial charge in [-0.3, -0.25) is 0 Å². The number of hydrogen-bond donors (Lipinski definition) is 1. The maximum Gasteiger partial charge on any atom is 0.221 e. The van der Waals surface area contributed by atoms with E-state index in [0.29, 0.717) is 17.2 Å². The number of anilines is 1. The third-order valence-electron chi connectivity index (χ3n) is 2.35. The van der Waals surface area contributed by atoms with Gasteiger partial charge in [-0.2, -0.15) is 0 Å². The number of aromatic nitrogens is 3. The van der Waals surface area contributed by atoms with Crippen LogP contribution in [-0.2, 0) is 7.05 Å². The van der Waals surface area contributed by atoms with Crippen LogP contribution in [0.15, 0.2) is 6.20 Å². The Morgan fingerprint density at radius 1 is 1.39 bits per heavy atom. The van der Waals surface area contributed by atoms with E-state index in [1.54, 1.807) is 0 Å². The molecule has 18 heavy (non-hydrogen) atoms. The molecule has 2 rings (SSSR count). The van der Waals surface area contributed by atoms with Crippen LogP contribution in [-0.4, -0.2) is 20.1 Å². The van der Waals surface area contributed by atoms with E-state index in [2.05, 4.69) is 15.9 Å². The first-order valence-corrected chi connectivity index (χ1v) is 5.60. The van der Waals surface area contributed by atoms with Crippen LogP contribution < -0.4 is 10.5 Å². The number of hydrogen-bond acceptors (Lipinski definition) is 4. The zero-order chi connectivity index (χ0) is 13.5. The van der Waals surface area contributed by atoms with E-state index in [4.69, 9.17) is 16.9 Å². The third kappa shape index (κ3) is 2.09. The van der Waals surface area contributed by atoms with Crippen molar-refractivity contribution in [2.45, 2.75) is 26.4 Å². The van der Waals surface area contributed by atoms with E-state index in [1.807, 2.05) is 38.6 Å². The van der Waals surface area contributed by atoms with Crippen molar-refractivity contribution in [3.8, 4) is 18.2 Å². The number of terminal acetylenes is 1. The van der Waals surface area contributed by atoms with Gasteiger partial charge in [-0.05, 0) is 26.7 Å². The van der Waals surface area contributed by atoms with Gasteiger partial charge in [0.1, 0.15) is 16.9 Å². The van der Waals surface area contributed by atoms with Crippen molar-refractivity contribution in [2.24, 2.45) is 7.05 Å². The van der Waals surface area contributed by atoms with Crippen LogP contribution in [0.5, 0.6) is 5.88 Å². The number of rotatable bonds is 1. The lowest BCUT2D eigenvalue weighted by Gasteiger charge is -2.21. The number of nitrogens with two attached hydrogens (primary N) is 1. The second-order valence-corrected chi connectivity index (χ2v) is 5.10. The van der Waals surface area contributed by atoms with Crippen molar-refractivity contribution in [3.05, 3.63) is 12.0 Å². The fourth-order valence-electron chi connectivity index (χ4n) is 1.67. The maximum atomic E-state index is 5.89. The standard InChI is InChI=1S/C13H16N4O/c1-6-9-15-10-8(11(14)16-9)7-17(5)12(10)18-13(2,3)4/h1,7H,2-5H3,(H2,14,15,16). The van der Waals surface area contributed by atoms with Crippen molar-refractivity contribution in [1.82, 2.24) is 14.5 Å². The van der Waals surface area contributed by atoms with E-state index >= 15 is 0 Å². The van der Waals surface area contributed by atoms with Gasteiger partial charge in [0.25, 0.3) is 0 Å². The predicted octanol–water partition coefficient (Wildman–Crippen LogP) is 1.71. The van der Waals surface area contributed by atoms with Crippen LogP contribution in [0.2, 0.25) is 0 Å². The maximum absolute atomic E-state index is 5.89. The Balaban J connectivity index is 2.70. The molecule has 0 aliphatic rings. The molecular formula is C13H16N4O. The third-order valence-corrected chi connectivity index (χ3v) is 2.35. The van der Waals surface area contributed by atoms with E-state index < -0.39 is 0 Å². The quantitative estimate of drug-likeness (QED) is 0.775. The van der Waals surface area contributed by atoms with Crippen LogP contribution >= 0.6 is 0 Å². The first kappa shape index (κ1) is 12.2. The summed E-state index contributed by atoms with van der Waals surface area (Å²) in [6, 6.07) is 0. The summed E-state index contributed by atoms with van der Waals surface area (Å²) in [5.41, 5.74) is 6.18. The highest BCUT2D eigenvalue weighted by atomic mass is 16.5. The van der Waals surface area contributed by atoms with Gasteiger partial charge in [0.15, 0.2) is 0 Å². The molecule has 0 aromatic carbocycles. The van der Waals surface area contributed by atoms with E-state index in [9.17, 15) is 0 Å². The van der Waals surface area contributed by atoms with Crippen LogP contribution in [0, 0.1) is 12.3 Å². The summed E-state index contributed by atoms with van der Waals surface area (Å²) in [6.07, 6.45) is 7.16. The topological polar surface area (TPSA) is 66.0 Å². The Bertz CT molecular complexity index is 644. The Morgan fingerprint density at radius 2 is 2.06 bits per heavy atom. The normalized spacial score (nSPS) is 11.5. The molecule has 0 saturated heterocycles. The molecule has 0 spiro atoms. The van der Waals surface area contributed by atoms with Crippen LogP contribution in [0.25, 0.3) is 10.9 Å². The fourth-order valence-corrected chi connectivity index (χ4v) is 1.67. The summed E-state index contributed by atoms with van der Waals surface area (Å²) in [7, 11) is 1.87. The molecule has 0 bridgehead atoms. The van der Waals surface area contributed by atoms with Gasteiger partial charge in [0.05, 0.1) is 5.39 Å². The summed E-state index contributed by atoms with van der Waals surface area (Å²) >= 11 is 0. The monoisotopic (exact) mass is 244 g/mol. The fraction of sp³-hybridized carbons (Fsp3) is 0.385. The summed E-state index contributed by atoms with van der Waals surface area (Å²) in [5.74, 6) is 3.67. The van der Waals surface area contributed by atoms with Gasteiger partial charge in [0.2, 0.25) is 11.7 Å². The second-order valence-electron chi connectivity index (χ2n) is 5.10. The largest absolute Gasteiger partial charge is 0.472 e. The van der Waals surface area contributed by atoms with Gasteiger partial charge >= 0.3 is 0 Å². The van der Waals surface area contributed by atoms with Gasteiger partial charge < -0.3 is 15.0 Å². The summed E-state index contributed by atoms with van der Waals surface area (Å²) < 4.78 is 7.72. The molecule has 94 valence electrons. The van der Waals surface area contributed by atoms with E-state index in [1.165, 1.54) is 0 Å². The molecular weight excluding hydrogens is 228 g/mol. The van der Waals surface area contributed by atoms with E-state index in [0.717, 1.165) is 5.39 Å². The Morgan fingerprint density at radius 3 is 2.61 bits per heavy atom. The molecule has 2 N–H and O–H groups in total. The molecule has 0 fully saturated rings. The lowest BCUT2D eigenvalue weighted by molar-refractivity contribution is 0.121. The highest BCUT2D eigenvalue weighted by Crippen LogP contribution is 2.30. The lowest BCUT2D eigenvalue weighted by Crippen LogP contribution is -2.24. The first-order chi connectivity index (χ1) is 8.31. The summed E-state index contributed by atoms with van der Waals surface area (Å²) in [5, 5.41) is 0.746. The highest BCUT2D eigenvalue weighted by Gasteiger charge is 2.20. The Labute approximate surface area is 106 Å². The molecule has 5 nitrogen and oxygen atoms in total. The average Bonchev–Trinajstić information content (AvgIpc) is 2.55. The number of fused-ring (bicyclic) bond motifs is 1. The molecule has 2 aromatic rings. The number of nitrogens with zero attached hydrogens (tertiary/aromatic N) is 3. The average molecular weight is 244 g/mol. The van der Waals surface area contributed by atoms with Gasteiger partial charge in [-0.15, -0.1) is 6.42 Å². The molecule has 0 amide bonds. The smallest absolute Gasteiger partial charge is 0.221 e. The van der Waals surface area contributed by atoms with E-state index in [-0.39, 0.29) is 11.4 Å². The number of ether oxygens (including phenoxy) is 1.